The topological polar surface area (TPSA) is 33.3 Å². The highest BCUT2D eigenvalue weighted by molar-refractivity contribution is 4.73. The molecule has 0 unspecified atom stereocenters. The van der Waals surface area contributed by atoms with E-state index in [4.69, 9.17) is 4.74 Å². The van der Waals surface area contributed by atoms with Gasteiger partial charge >= 0.3 is 0 Å². The Morgan fingerprint density at radius 2 is 2.50 bits per heavy atom. The lowest BCUT2D eigenvalue weighted by Crippen LogP contribution is -2.47. The van der Waals surface area contributed by atoms with E-state index in [-0.39, 0.29) is 0 Å². The van der Waals surface area contributed by atoms with Crippen LogP contribution in [0.15, 0.2) is 0 Å². The van der Waals surface area contributed by atoms with Crippen LogP contribution < -0.4 is 10.6 Å². The second-order valence-corrected chi connectivity index (χ2v) is 2.82. The summed E-state index contributed by atoms with van der Waals surface area (Å²) in [5.74, 6) is 0. The van der Waals surface area contributed by atoms with Gasteiger partial charge in [0.15, 0.2) is 0 Å². The van der Waals surface area contributed by atoms with Crippen molar-refractivity contribution in [3.63, 3.8) is 0 Å². The number of likely N-dealkylation sites (N-methyl/N-ethyl adjacent to an activating group) is 1. The first-order valence-electron chi connectivity index (χ1n) is 3.82. The Balaban J connectivity index is 2.13. The van der Waals surface area contributed by atoms with Gasteiger partial charge in [-0.3, -0.25) is 0 Å². The third-order valence-corrected chi connectivity index (χ3v) is 1.71. The quantitative estimate of drug-likeness (QED) is 0.552. The van der Waals surface area contributed by atoms with Crippen molar-refractivity contribution in [2.45, 2.75) is 19.1 Å². The summed E-state index contributed by atoms with van der Waals surface area (Å²) in [6, 6.07) is 0.521. The molecule has 1 aliphatic heterocycles. The van der Waals surface area contributed by atoms with Crippen LogP contribution in [0.2, 0.25) is 0 Å². The zero-order chi connectivity index (χ0) is 7.40. The van der Waals surface area contributed by atoms with Crippen LogP contribution in [0.4, 0.5) is 0 Å². The monoisotopic (exact) mass is 144 g/mol. The van der Waals surface area contributed by atoms with Gasteiger partial charge in [0.2, 0.25) is 0 Å². The Labute approximate surface area is 62.1 Å². The molecular formula is C7H16N2O. The summed E-state index contributed by atoms with van der Waals surface area (Å²) in [5, 5.41) is 6.44. The Morgan fingerprint density at radius 3 is 3.00 bits per heavy atom. The predicted octanol–water partition coefficient (Wildman–Crippen LogP) is -0.417. The molecule has 0 radical (unpaired) electrons. The molecular weight excluding hydrogens is 128 g/mol. The SMILES string of the molecule is CNC[C@H]1CN[C@@H](C)CO1. The molecule has 1 rings (SSSR count). The van der Waals surface area contributed by atoms with E-state index in [9.17, 15) is 0 Å². The van der Waals surface area contributed by atoms with E-state index in [0.717, 1.165) is 19.7 Å². The normalized spacial score (nSPS) is 34.2. The highest BCUT2D eigenvalue weighted by Gasteiger charge is 2.16. The van der Waals surface area contributed by atoms with Crippen LogP contribution in [-0.4, -0.2) is 38.9 Å². The van der Waals surface area contributed by atoms with Crippen LogP contribution in [0.1, 0.15) is 6.92 Å². The first kappa shape index (κ1) is 7.98. The lowest BCUT2D eigenvalue weighted by atomic mass is 10.2. The fourth-order valence-corrected chi connectivity index (χ4v) is 1.09. The van der Waals surface area contributed by atoms with Gasteiger partial charge in [-0.25, -0.2) is 0 Å². The van der Waals surface area contributed by atoms with Gasteiger partial charge in [-0.05, 0) is 14.0 Å². The van der Waals surface area contributed by atoms with Gasteiger partial charge in [0, 0.05) is 19.1 Å². The molecule has 1 aliphatic rings. The molecule has 2 atom stereocenters. The molecule has 0 saturated carbocycles. The summed E-state index contributed by atoms with van der Waals surface area (Å²) in [6.45, 7) is 4.89. The first-order chi connectivity index (χ1) is 4.83. The fraction of sp³-hybridized carbons (Fsp3) is 1.00. The van der Waals surface area contributed by atoms with Crippen molar-refractivity contribution in [2.24, 2.45) is 0 Å². The van der Waals surface area contributed by atoms with Gasteiger partial charge in [-0.2, -0.15) is 0 Å². The molecule has 1 heterocycles. The van der Waals surface area contributed by atoms with Crippen molar-refractivity contribution in [2.75, 3.05) is 26.7 Å². The maximum absolute atomic E-state index is 5.51. The highest BCUT2D eigenvalue weighted by atomic mass is 16.5. The molecule has 0 spiro atoms. The summed E-state index contributed by atoms with van der Waals surface area (Å²) in [5.41, 5.74) is 0. The third kappa shape index (κ3) is 2.25. The van der Waals surface area contributed by atoms with Crippen LogP contribution in [0.25, 0.3) is 0 Å². The number of morpholine rings is 1. The van der Waals surface area contributed by atoms with Crippen molar-refractivity contribution in [1.82, 2.24) is 10.6 Å². The molecule has 0 amide bonds. The molecule has 0 aromatic heterocycles. The summed E-state index contributed by atoms with van der Waals surface area (Å²) in [6.07, 6.45) is 0.362. The summed E-state index contributed by atoms with van der Waals surface area (Å²) < 4.78 is 5.51. The Bertz CT molecular complexity index is 89.6. The minimum absolute atomic E-state index is 0.362. The second kappa shape index (κ2) is 3.91. The molecule has 3 heteroatoms. The molecule has 1 fully saturated rings. The van der Waals surface area contributed by atoms with Crippen molar-refractivity contribution < 1.29 is 4.74 Å². The standard InChI is InChI=1S/C7H16N2O/c1-6-5-10-7(3-8-2)4-9-6/h6-9H,3-5H2,1-2H3/t6-,7-/m0/s1. The van der Waals surface area contributed by atoms with E-state index < -0.39 is 0 Å². The maximum Gasteiger partial charge on any atom is 0.0824 e. The summed E-state index contributed by atoms with van der Waals surface area (Å²) >= 11 is 0. The minimum Gasteiger partial charge on any atom is -0.374 e. The van der Waals surface area contributed by atoms with E-state index in [2.05, 4.69) is 17.6 Å². The molecule has 0 bridgehead atoms. The highest BCUT2D eigenvalue weighted by Crippen LogP contribution is 1.98. The average molecular weight is 144 g/mol. The van der Waals surface area contributed by atoms with Gasteiger partial charge in [-0.1, -0.05) is 0 Å². The van der Waals surface area contributed by atoms with Gasteiger partial charge < -0.3 is 15.4 Å². The van der Waals surface area contributed by atoms with E-state index in [1.165, 1.54) is 0 Å². The van der Waals surface area contributed by atoms with Crippen LogP contribution >= 0.6 is 0 Å². The Morgan fingerprint density at radius 1 is 1.70 bits per heavy atom. The molecule has 0 aliphatic carbocycles. The minimum atomic E-state index is 0.362. The number of nitrogens with one attached hydrogen (secondary N) is 2. The van der Waals surface area contributed by atoms with E-state index in [1.54, 1.807) is 0 Å². The Kier molecular flexibility index (Phi) is 3.12. The summed E-state index contributed by atoms with van der Waals surface area (Å²) in [4.78, 5) is 0. The van der Waals surface area contributed by atoms with Gasteiger partial charge in [0.05, 0.1) is 12.7 Å². The number of rotatable bonds is 2. The molecule has 2 N–H and O–H groups in total. The smallest absolute Gasteiger partial charge is 0.0824 e. The summed E-state index contributed by atoms with van der Waals surface area (Å²) in [7, 11) is 1.95. The van der Waals surface area contributed by atoms with Crippen LogP contribution in [0.3, 0.4) is 0 Å². The molecule has 60 valence electrons. The second-order valence-electron chi connectivity index (χ2n) is 2.82. The Hall–Kier alpha value is -0.120. The van der Waals surface area contributed by atoms with Crippen molar-refractivity contribution in [3.05, 3.63) is 0 Å². The van der Waals surface area contributed by atoms with Crippen LogP contribution in [0, 0.1) is 0 Å². The lowest BCUT2D eigenvalue weighted by Gasteiger charge is -2.27. The first-order valence-corrected chi connectivity index (χ1v) is 3.82. The third-order valence-electron chi connectivity index (χ3n) is 1.71. The molecule has 0 aromatic rings. The zero-order valence-corrected chi connectivity index (χ0v) is 6.68. The molecule has 3 nitrogen and oxygen atoms in total. The van der Waals surface area contributed by atoms with Crippen LogP contribution in [-0.2, 0) is 4.74 Å². The van der Waals surface area contributed by atoms with Crippen LogP contribution in [0.5, 0.6) is 0 Å². The largest absolute Gasteiger partial charge is 0.374 e. The maximum atomic E-state index is 5.51. The number of ether oxygens (including phenoxy) is 1. The lowest BCUT2D eigenvalue weighted by molar-refractivity contribution is 0.0101. The number of hydrogen-bond donors (Lipinski definition) is 2. The molecule has 10 heavy (non-hydrogen) atoms. The van der Waals surface area contributed by atoms with Gasteiger partial charge in [0.1, 0.15) is 0 Å². The van der Waals surface area contributed by atoms with E-state index >= 15 is 0 Å². The van der Waals surface area contributed by atoms with Crippen molar-refractivity contribution >= 4 is 0 Å². The zero-order valence-electron chi connectivity index (χ0n) is 6.68. The predicted molar refractivity (Wildman–Crippen MR) is 41.1 cm³/mol. The van der Waals surface area contributed by atoms with E-state index in [1.807, 2.05) is 7.05 Å². The van der Waals surface area contributed by atoms with Gasteiger partial charge in [0.25, 0.3) is 0 Å². The van der Waals surface area contributed by atoms with E-state index in [0.29, 0.717) is 12.1 Å². The molecule has 1 saturated heterocycles. The molecule has 0 aromatic carbocycles. The van der Waals surface area contributed by atoms with Gasteiger partial charge in [-0.15, -0.1) is 0 Å². The van der Waals surface area contributed by atoms with Crippen molar-refractivity contribution in [3.8, 4) is 0 Å². The van der Waals surface area contributed by atoms with Crippen molar-refractivity contribution in [1.29, 1.82) is 0 Å². The fourth-order valence-electron chi connectivity index (χ4n) is 1.09. The number of hydrogen-bond acceptors (Lipinski definition) is 3. The average Bonchev–Trinajstić information content (AvgIpc) is 1.95.